The normalized spacial score (nSPS) is 10.7. The van der Waals surface area contributed by atoms with Crippen molar-refractivity contribution in [2.45, 2.75) is 26.7 Å². The van der Waals surface area contributed by atoms with E-state index in [1.54, 1.807) is 6.07 Å². The van der Waals surface area contributed by atoms with Crippen molar-refractivity contribution in [2.75, 3.05) is 0 Å². The fraction of sp³-hybridized carbons (Fsp3) is 0.250. The molecule has 0 saturated heterocycles. The molecule has 0 bridgehead atoms. The van der Waals surface area contributed by atoms with E-state index in [0.717, 1.165) is 11.1 Å². The molecule has 1 heterocycles. The van der Waals surface area contributed by atoms with Gasteiger partial charge in [-0.25, -0.2) is 9.78 Å². The monoisotopic (exact) mass is 305 g/mol. The van der Waals surface area contributed by atoms with Gasteiger partial charge in [-0.3, -0.25) is 0 Å². The highest BCUT2D eigenvalue weighted by molar-refractivity contribution is 6.31. The molecule has 0 spiro atoms. The molecule has 0 aliphatic rings. The Kier molecular flexibility index (Phi) is 4.48. The van der Waals surface area contributed by atoms with E-state index in [9.17, 15) is 4.79 Å². The summed E-state index contributed by atoms with van der Waals surface area (Å²) >= 11 is 6.22. The number of carbonyl (C=O) groups is 1. The van der Waals surface area contributed by atoms with Crippen molar-refractivity contribution in [3.63, 3.8) is 0 Å². The van der Waals surface area contributed by atoms with E-state index in [4.69, 9.17) is 21.4 Å². The minimum atomic E-state index is -1.06. The lowest BCUT2D eigenvalue weighted by Crippen LogP contribution is -2.00. The number of hydrogen-bond donors (Lipinski definition) is 1. The summed E-state index contributed by atoms with van der Waals surface area (Å²) in [6.45, 7) is 6.03. The number of aryl methyl sites for hydroxylation is 1. The molecule has 0 aliphatic carbocycles. The molecule has 0 unspecified atom stereocenters. The molecule has 1 aromatic carbocycles. The van der Waals surface area contributed by atoms with E-state index in [1.165, 1.54) is 12.3 Å². The lowest BCUT2D eigenvalue weighted by molar-refractivity contribution is 0.0690. The molecule has 110 valence electrons. The van der Waals surface area contributed by atoms with Gasteiger partial charge in [0.25, 0.3) is 0 Å². The molecule has 0 atom stereocenters. The first-order chi connectivity index (χ1) is 9.88. The predicted octanol–water partition coefficient (Wildman–Crippen LogP) is 4.66. The van der Waals surface area contributed by atoms with Crippen LogP contribution in [0.2, 0.25) is 5.02 Å². The highest BCUT2D eigenvalue weighted by Crippen LogP contribution is 2.33. The van der Waals surface area contributed by atoms with Crippen molar-refractivity contribution in [1.29, 1.82) is 0 Å². The van der Waals surface area contributed by atoms with Crippen molar-refractivity contribution >= 4 is 17.6 Å². The van der Waals surface area contributed by atoms with Crippen LogP contribution in [-0.4, -0.2) is 16.1 Å². The van der Waals surface area contributed by atoms with E-state index in [2.05, 4.69) is 18.8 Å². The summed E-state index contributed by atoms with van der Waals surface area (Å²) in [6.07, 6.45) is 1.40. The number of nitrogens with zero attached hydrogens (tertiary/aromatic N) is 1. The molecule has 1 aromatic heterocycles. The Bertz CT molecular complexity index is 666. The molecule has 0 amide bonds. The van der Waals surface area contributed by atoms with Gasteiger partial charge in [-0.15, -0.1) is 0 Å². The van der Waals surface area contributed by atoms with Gasteiger partial charge in [0.05, 0.1) is 6.20 Å². The molecule has 4 nitrogen and oxygen atoms in total. The molecule has 0 saturated carbocycles. The number of aromatic carboxylic acids is 1. The van der Waals surface area contributed by atoms with Gasteiger partial charge in [-0.2, -0.15) is 0 Å². The van der Waals surface area contributed by atoms with Crippen LogP contribution in [0.1, 0.15) is 41.4 Å². The number of benzene rings is 1. The standard InChI is InChI=1S/C16H16ClNO3/c1-9(2)12-7-15(10(3)6-13(12)17)21-11-4-5-14(16(19)20)18-8-11/h4-9H,1-3H3,(H,19,20). The maximum absolute atomic E-state index is 10.8. The molecule has 5 heteroatoms. The van der Waals surface area contributed by atoms with Crippen LogP contribution < -0.4 is 4.74 Å². The SMILES string of the molecule is Cc1cc(Cl)c(C(C)C)cc1Oc1ccc(C(=O)O)nc1. The van der Waals surface area contributed by atoms with E-state index in [-0.39, 0.29) is 11.6 Å². The highest BCUT2D eigenvalue weighted by atomic mass is 35.5. The van der Waals surface area contributed by atoms with Gasteiger partial charge in [0, 0.05) is 5.02 Å². The van der Waals surface area contributed by atoms with Crippen molar-refractivity contribution in [3.8, 4) is 11.5 Å². The lowest BCUT2D eigenvalue weighted by Gasteiger charge is -2.14. The molecular weight excluding hydrogens is 290 g/mol. The van der Waals surface area contributed by atoms with Gasteiger partial charge in [-0.05, 0) is 48.2 Å². The number of hydrogen-bond acceptors (Lipinski definition) is 3. The van der Waals surface area contributed by atoms with Crippen molar-refractivity contribution < 1.29 is 14.6 Å². The third kappa shape index (κ3) is 3.52. The molecule has 2 rings (SSSR count). The largest absolute Gasteiger partial charge is 0.477 e. The summed E-state index contributed by atoms with van der Waals surface area (Å²) in [7, 11) is 0. The van der Waals surface area contributed by atoms with Crippen LogP contribution >= 0.6 is 11.6 Å². The molecule has 0 radical (unpaired) electrons. The first-order valence-corrected chi connectivity index (χ1v) is 6.93. The zero-order valence-electron chi connectivity index (χ0n) is 12.1. The van der Waals surface area contributed by atoms with Crippen LogP contribution in [0.25, 0.3) is 0 Å². The number of carboxylic acids is 1. The zero-order valence-corrected chi connectivity index (χ0v) is 12.8. The number of pyridine rings is 1. The quantitative estimate of drug-likeness (QED) is 0.892. The van der Waals surface area contributed by atoms with Crippen LogP contribution in [0.4, 0.5) is 0 Å². The minimum Gasteiger partial charge on any atom is -0.477 e. The number of aromatic nitrogens is 1. The minimum absolute atomic E-state index is 0.0157. The maximum atomic E-state index is 10.8. The number of halogens is 1. The predicted molar refractivity (Wildman–Crippen MR) is 81.5 cm³/mol. The molecule has 0 fully saturated rings. The van der Waals surface area contributed by atoms with Gasteiger partial charge in [-0.1, -0.05) is 25.4 Å². The second-order valence-electron chi connectivity index (χ2n) is 5.08. The molecule has 21 heavy (non-hydrogen) atoms. The first kappa shape index (κ1) is 15.3. The van der Waals surface area contributed by atoms with Crippen LogP contribution in [0.3, 0.4) is 0 Å². The van der Waals surface area contributed by atoms with Gasteiger partial charge < -0.3 is 9.84 Å². The Balaban J connectivity index is 2.30. The first-order valence-electron chi connectivity index (χ1n) is 6.55. The number of rotatable bonds is 4. The van der Waals surface area contributed by atoms with E-state index in [0.29, 0.717) is 16.5 Å². The summed E-state index contributed by atoms with van der Waals surface area (Å²) in [6, 6.07) is 6.77. The Hall–Kier alpha value is -2.07. The summed E-state index contributed by atoms with van der Waals surface area (Å²) < 4.78 is 5.78. The van der Waals surface area contributed by atoms with Crippen LogP contribution in [0.15, 0.2) is 30.5 Å². The third-order valence-electron chi connectivity index (χ3n) is 3.10. The Morgan fingerprint density at radius 2 is 2.05 bits per heavy atom. The summed E-state index contributed by atoms with van der Waals surface area (Å²) in [5.74, 6) is 0.396. The van der Waals surface area contributed by atoms with Gasteiger partial charge in [0.2, 0.25) is 0 Å². The molecule has 1 N–H and O–H groups in total. The summed E-state index contributed by atoms with van der Waals surface area (Å²) in [4.78, 5) is 14.6. The highest BCUT2D eigenvalue weighted by Gasteiger charge is 2.11. The van der Waals surface area contributed by atoms with Crippen molar-refractivity contribution in [2.24, 2.45) is 0 Å². The molecule has 0 aliphatic heterocycles. The van der Waals surface area contributed by atoms with Crippen molar-refractivity contribution in [1.82, 2.24) is 4.98 Å². The Morgan fingerprint density at radius 3 is 2.57 bits per heavy atom. The number of carboxylic acid groups (broad SMARTS) is 1. The van der Waals surface area contributed by atoms with E-state index < -0.39 is 5.97 Å². The Morgan fingerprint density at radius 1 is 1.33 bits per heavy atom. The summed E-state index contributed by atoms with van der Waals surface area (Å²) in [5.41, 5.74) is 1.90. The smallest absolute Gasteiger partial charge is 0.354 e. The second-order valence-corrected chi connectivity index (χ2v) is 5.49. The fourth-order valence-corrected chi connectivity index (χ4v) is 2.35. The van der Waals surface area contributed by atoms with Gasteiger partial charge in [0.1, 0.15) is 17.2 Å². The average Bonchev–Trinajstić information content (AvgIpc) is 2.42. The van der Waals surface area contributed by atoms with Gasteiger partial charge in [0.15, 0.2) is 0 Å². The zero-order chi connectivity index (χ0) is 15.6. The van der Waals surface area contributed by atoms with Crippen LogP contribution in [0.5, 0.6) is 11.5 Å². The van der Waals surface area contributed by atoms with E-state index >= 15 is 0 Å². The van der Waals surface area contributed by atoms with Crippen LogP contribution in [0, 0.1) is 6.92 Å². The van der Waals surface area contributed by atoms with Crippen molar-refractivity contribution in [3.05, 3.63) is 52.3 Å². The van der Waals surface area contributed by atoms with Gasteiger partial charge >= 0.3 is 5.97 Å². The van der Waals surface area contributed by atoms with Crippen LogP contribution in [-0.2, 0) is 0 Å². The molecule has 2 aromatic rings. The second kappa shape index (κ2) is 6.14. The molecular formula is C16H16ClNO3. The number of ether oxygens (including phenoxy) is 1. The summed E-state index contributed by atoms with van der Waals surface area (Å²) in [5, 5.41) is 9.54. The lowest BCUT2D eigenvalue weighted by atomic mass is 10.0. The fourth-order valence-electron chi connectivity index (χ4n) is 1.92. The average molecular weight is 306 g/mol. The maximum Gasteiger partial charge on any atom is 0.354 e. The van der Waals surface area contributed by atoms with E-state index in [1.807, 2.05) is 19.1 Å². The third-order valence-corrected chi connectivity index (χ3v) is 3.43. The Labute approximate surface area is 128 Å². The topological polar surface area (TPSA) is 59.4 Å².